The van der Waals surface area contributed by atoms with Gasteiger partial charge in [0.2, 0.25) is 0 Å². The van der Waals surface area contributed by atoms with Gasteiger partial charge in [-0.3, -0.25) is 4.79 Å². The van der Waals surface area contributed by atoms with E-state index in [0.29, 0.717) is 25.3 Å². The molecular weight excluding hydrogens is 254 g/mol. The standard InChI is InChI=1S/C12H21NO4S/c1-17-11(14)12(13-8-9-5-6-9)7-3-4-10(12)18(2,15)16/h9-10,13H,3-8H2,1-2H3. The number of rotatable bonds is 5. The summed E-state index contributed by atoms with van der Waals surface area (Å²) in [6.45, 7) is 0.709. The van der Waals surface area contributed by atoms with Crippen LogP contribution in [0, 0.1) is 5.92 Å². The van der Waals surface area contributed by atoms with Crippen LogP contribution in [-0.2, 0) is 19.4 Å². The molecular formula is C12H21NO4S. The molecule has 0 aromatic carbocycles. The molecule has 0 radical (unpaired) electrons. The van der Waals surface area contributed by atoms with Crippen molar-refractivity contribution in [1.29, 1.82) is 0 Å². The lowest BCUT2D eigenvalue weighted by Crippen LogP contribution is -2.60. The highest BCUT2D eigenvalue weighted by Crippen LogP contribution is 2.37. The van der Waals surface area contributed by atoms with Crippen LogP contribution in [0.5, 0.6) is 0 Å². The van der Waals surface area contributed by atoms with Gasteiger partial charge in [-0.25, -0.2) is 8.42 Å². The van der Waals surface area contributed by atoms with Crippen molar-refractivity contribution >= 4 is 15.8 Å². The van der Waals surface area contributed by atoms with Gasteiger partial charge in [-0.15, -0.1) is 0 Å². The summed E-state index contributed by atoms with van der Waals surface area (Å²) in [5.41, 5.74) is -1.02. The summed E-state index contributed by atoms with van der Waals surface area (Å²) in [6, 6.07) is 0. The van der Waals surface area contributed by atoms with E-state index < -0.39 is 26.6 Å². The summed E-state index contributed by atoms with van der Waals surface area (Å²) >= 11 is 0. The van der Waals surface area contributed by atoms with Crippen molar-refractivity contribution in [2.24, 2.45) is 5.92 Å². The van der Waals surface area contributed by atoms with Crippen LogP contribution in [0.3, 0.4) is 0 Å². The summed E-state index contributed by atoms with van der Waals surface area (Å²) in [7, 11) is -1.94. The van der Waals surface area contributed by atoms with Gasteiger partial charge >= 0.3 is 5.97 Å². The van der Waals surface area contributed by atoms with E-state index in [2.05, 4.69) is 5.32 Å². The van der Waals surface area contributed by atoms with Gasteiger partial charge < -0.3 is 10.1 Å². The molecule has 2 aliphatic rings. The smallest absolute Gasteiger partial charge is 0.327 e. The Morgan fingerprint density at radius 1 is 1.39 bits per heavy atom. The normalized spacial score (nSPS) is 32.4. The van der Waals surface area contributed by atoms with Gasteiger partial charge in [-0.2, -0.15) is 0 Å². The molecule has 0 aromatic heterocycles. The third-order valence-electron chi connectivity index (χ3n) is 4.06. The van der Waals surface area contributed by atoms with Crippen molar-refractivity contribution in [1.82, 2.24) is 5.32 Å². The first kappa shape index (κ1) is 13.8. The maximum atomic E-state index is 12.1. The van der Waals surface area contributed by atoms with Crippen LogP contribution in [-0.4, -0.2) is 45.1 Å². The number of hydrogen-bond acceptors (Lipinski definition) is 5. The fraction of sp³-hybridized carbons (Fsp3) is 0.917. The van der Waals surface area contributed by atoms with Gasteiger partial charge in [0, 0.05) is 6.26 Å². The van der Waals surface area contributed by atoms with E-state index in [0.717, 1.165) is 19.3 Å². The van der Waals surface area contributed by atoms with Crippen molar-refractivity contribution in [3.05, 3.63) is 0 Å². The molecule has 0 amide bonds. The van der Waals surface area contributed by atoms with E-state index in [-0.39, 0.29) is 0 Å². The van der Waals surface area contributed by atoms with Gasteiger partial charge in [0.1, 0.15) is 5.54 Å². The zero-order valence-corrected chi connectivity index (χ0v) is 11.8. The molecule has 0 aliphatic heterocycles. The first-order chi connectivity index (χ1) is 8.40. The predicted molar refractivity (Wildman–Crippen MR) is 68.0 cm³/mol. The largest absolute Gasteiger partial charge is 0.468 e. The number of sulfone groups is 1. The van der Waals surface area contributed by atoms with Crippen molar-refractivity contribution in [3.8, 4) is 0 Å². The third-order valence-corrected chi connectivity index (χ3v) is 5.73. The first-order valence-corrected chi connectivity index (χ1v) is 8.38. The summed E-state index contributed by atoms with van der Waals surface area (Å²) < 4.78 is 28.6. The number of hydrogen-bond donors (Lipinski definition) is 1. The highest BCUT2D eigenvalue weighted by molar-refractivity contribution is 7.91. The second kappa shape index (κ2) is 4.81. The van der Waals surface area contributed by atoms with E-state index in [1.165, 1.54) is 13.4 Å². The van der Waals surface area contributed by atoms with Gasteiger partial charge in [-0.05, 0) is 44.6 Å². The zero-order valence-electron chi connectivity index (χ0n) is 10.9. The van der Waals surface area contributed by atoms with Crippen LogP contribution in [0.15, 0.2) is 0 Å². The molecule has 2 aliphatic carbocycles. The predicted octanol–water partition coefficient (Wildman–Crippen LogP) is 0.495. The highest BCUT2D eigenvalue weighted by Gasteiger charge is 2.54. The molecule has 0 spiro atoms. The van der Waals surface area contributed by atoms with Crippen LogP contribution in [0.1, 0.15) is 32.1 Å². The topological polar surface area (TPSA) is 72.5 Å². The molecule has 6 heteroatoms. The summed E-state index contributed by atoms with van der Waals surface area (Å²) in [6.07, 6.45) is 5.35. The third kappa shape index (κ3) is 2.54. The minimum Gasteiger partial charge on any atom is -0.468 e. The lowest BCUT2D eigenvalue weighted by molar-refractivity contribution is -0.148. The van der Waals surface area contributed by atoms with Crippen LogP contribution < -0.4 is 5.32 Å². The number of methoxy groups -OCH3 is 1. The Morgan fingerprint density at radius 3 is 2.56 bits per heavy atom. The van der Waals surface area contributed by atoms with Gasteiger partial charge in [0.25, 0.3) is 0 Å². The van der Waals surface area contributed by atoms with E-state index in [1.54, 1.807) is 0 Å². The molecule has 0 saturated heterocycles. The molecule has 5 nitrogen and oxygen atoms in total. The molecule has 0 bridgehead atoms. The number of esters is 1. The quantitative estimate of drug-likeness (QED) is 0.740. The average molecular weight is 275 g/mol. The number of ether oxygens (including phenoxy) is 1. The summed E-state index contributed by atoms with van der Waals surface area (Å²) in [5.74, 6) is 0.156. The molecule has 2 atom stereocenters. The Hall–Kier alpha value is -0.620. The fourth-order valence-corrected chi connectivity index (χ4v) is 4.51. The Balaban J connectivity index is 2.24. The van der Waals surface area contributed by atoms with Crippen molar-refractivity contribution in [2.75, 3.05) is 19.9 Å². The second-order valence-electron chi connectivity index (χ2n) is 5.50. The van der Waals surface area contributed by atoms with Crippen LogP contribution in [0.2, 0.25) is 0 Å². The average Bonchev–Trinajstić information content (AvgIpc) is 3.02. The molecule has 2 saturated carbocycles. The minimum atomic E-state index is -3.26. The monoisotopic (exact) mass is 275 g/mol. The highest BCUT2D eigenvalue weighted by atomic mass is 32.2. The SMILES string of the molecule is COC(=O)C1(NCC2CC2)CCCC1S(C)(=O)=O. The molecule has 0 aromatic rings. The number of carbonyl (C=O) groups is 1. The maximum Gasteiger partial charge on any atom is 0.327 e. The molecule has 104 valence electrons. The number of carbonyl (C=O) groups excluding carboxylic acids is 1. The Kier molecular flexibility index (Phi) is 3.69. The Labute approximate surface area is 108 Å². The Bertz CT molecular complexity index is 429. The van der Waals surface area contributed by atoms with E-state index in [1.807, 2.05) is 0 Å². The molecule has 18 heavy (non-hydrogen) atoms. The minimum absolute atomic E-state index is 0.434. The zero-order chi connectivity index (χ0) is 13.4. The molecule has 2 fully saturated rings. The van der Waals surface area contributed by atoms with E-state index >= 15 is 0 Å². The lowest BCUT2D eigenvalue weighted by Gasteiger charge is -2.32. The summed E-state index contributed by atoms with van der Waals surface area (Å²) in [4.78, 5) is 12.1. The van der Waals surface area contributed by atoms with Crippen LogP contribution in [0.4, 0.5) is 0 Å². The number of nitrogens with one attached hydrogen (secondary N) is 1. The lowest BCUT2D eigenvalue weighted by atomic mass is 9.97. The van der Waals surface area contributed by atoms with Crippen molar-refractivity contribution in [2.45, 2.75) is 42.9 Å². The first-order valence-electron chi connectivity index (χ1n) is 6.42. The molecule has 1 N–H and O–H groups in total. The van der Waals surface area contributed by atoms with Crippen LogP contribution >= 0.6 is 0 Å². The van der Waals surface area contributed by atoms with Gasteiger partial charge in [0.05, 0.1) is 12.4 Å². The molecule has 0 heterocycles. The maximum absolute atomic E-state index is 12.1. The van der Waals surface area contributed by atoms with Crippen molar-refractivity contribution in [3.63, 3.8) is 0 Å². The van der Waals surface area contributed by atoms with Crippen molar-refractivity contribution < 1.29 is 17.9 Å². The van der Waals surface area contributed by atoms with E-state index in [9.17, 15) is 13.2 Å². The van der Waals surface area contributed by atoms with Gasteiger partial charge in [-0.1, -0.05) is 0 Å². The summed E-state index contributed by atoms with van der Waals surface area (Å²) in [5, 5.41) is 2.55. The van der Waals surface area contributed by atoms with Crippen LogP contribution in [0.25, 0.3) is 0 Å². The Morgan fingerprint density at radius 2 is 2.06 bits per heavy atom. The fourth-order valence-electron chi connectivity index (χ4n) is 2.89. The molecule has 2 unspecified atom stereocenters. The van der Waals surface area contributed by atoms with Gasteiger partial charge in [0.15, 0.2) is 9.84 Å². The second-order valence-corrected chi connectivity index (χ2v) is 7.73. The van der Waals surface area contributed by atoms with E-state index in [4.69, 9.17) is 4.74 Å². The molecule has 2 rings (SSSR count).